The monoisotopic (exact) mass is 424 g/mol. The summed E-state index contributed by atoms with van der Waals surface area (Å²) in [6, 6.07) is 14.0. The number of rotatable bonds is 9. The zero-order valence-electron chi connectivity index (χ0n) is 17.9. The molecule has 1 heterocycles. The van der Waals surface area contributed by atoms with Gasteiger partial charge in [-0.2, -0.15) is 14.9 Å². The van der Waals surface area contributed by atoms with Crippen molar-refractivity contribution >= 4 is 18.4 Å². The van der Waals surface area contributed by atoms with E-state index >= 15 is 0 Å². The van der Waals surface area contributed by atoms with Crippen LogP contribution in [0.4, 0.5) is 0 Å². The zero-order valence-corrected chi connectivity index (χ0v) is 18.7. The molecule has 0 saturated carbocycles. The highest BCUT2D eigenvalue weighted by Gasteiger charge is 2.15. The SMILES string of the molecule is CCC(CC)c1n[nH]c(=S)n1/N=C\c1ccc(OCc2ccc(C)cc2)c(OC)c1. The van der Waals surface area contributed by atoms with E-state index in [-0.39, 0.29) is 0 Å². The lowest BCUT2D eigenvalue weighted by molar-refractivity contribution is 0.284. The molecule has 1 N–H and O–H groups in total. The highest BCUT2D eigenvalue weighted by Crippen LogP contribution is 2.28. The van der Waals surface area contributed by atoms with E-state index in [1.165, 1.54) is 5.56 Å². The molecule has 0 bridgehead atoms. The molecule has 7 heteroatoms. The van der Waals surface area contributed by atoms with Gasteiger partial charge in [-0.05, 0) is 61.3 Å². The molecular formula is C23H28N4O2S. The van der Waals surface area contributed by atoms with Crippen LogP contribution in [-0.2, 0) is 6.61 Å². The standard InChI is InChI=1S/C23H28N4O2S/c1-5-19(6-2)22-25-26-23(30)27(22)24-14-18-11-12-20(21(13-18)28-4)29-15-17-9-7-16(3)8-10-17/h7-14,19H,5-6,15H2,1-4H3,(H,26,30)/b24-14-. The number of nitrogens with one attached hydrogen (secondary N) is 1. The molecule has 0 spiro atoms. The van der Waals surface area contributed by atoms with Crippen molar-refractivity contribution in [3.8, 4) is 11.5 Å². The summed E-state index contributed by atoms with van der Waals surface area (Å²) in [6.07, 6.45) is 3.71. The number of aryl methyl sites for hydroxylation is 1. The van der Waals surface area contributed by atoms with E-state index in [4.69, 9.17) is 21.7 Å². The maximum atomic E-state index is 5.95. The van der Waals surface area contributed by atoms with Crippen molar-refractivity contribution in [3.05, 3.63) is 69.8 Å². The second kappa shape index (κ2) is 10.2. The molecule has 0 saturated heterocycles. The van der Waals surface area contributed by atoms with Crippen LogP contribution in [0.2, 0.25) is 0 Å². The van der Waals surface area contributed by atoms with Crippen molar-refractivity contribution in [2.45, 2.75) is 46.1 Å². The van der Waals surface area contributed by atoms with Crippen LogP contribution < -0.4 is 9.47 Å². The van der Waals surface area contributed by atoms with Crippen LogP contribution in [0, 0.1) is 11.7 Å². The Morgan fingerprint density at radius 2 is 1.87 bits per heavy atom. The molecule has 2 aromatic carbocycles. The van der Waals surface area contributed by atoms with Crippen molar-refractivity contribution in [3.63, 3.8) is 0 Å². The highest BCUT2D eigenvalue weighted by atomic mass is 32.1. The molecule has 0 aliphatic heterocycles. The number of benzene rings is 2. The topological polar surface area (TPSA) is 64.4 Å². The average molecular weight is 425 g/mol. The number of ether oxygens (including phenoxy) is 2. The van der Waals surface area contributed by atoms with Crippen LogP contribution in [0.3, 0.4) is 0 Å². The van der Waals surface area contributed by atoms with Gasteiger partial charge in [0.1, 0.15) is 6.61 Å². The molecular weight excluding hydrogens is 396 g/mol. The number of hydrogen-bond donors (Lipinski definition) is 1. The summed E-state index contributed by atoms with van der Waals surface area (Å²) < 4.78 is 13.7. The summed E-state index contributed by atoms with van der Waals surface area (Å²) in [6.45, 7) is 6.83. The molecule has 0 amide bonds. The lowest BCUT2D eigenvalue weighted by Crippen LogP contribution is -2.05. The number of methoxy groups -OCH3 is 1. The minimum absolute atomic E-state index is 0.308. The fourth-order valence-corrected chi connectivity index (χ4v) is 3.37. The molecule has 3 rings (SSSR count). The Hall–Kier alpha value is -2.93. The van der Waals surface area contributed by atoms with Gasteiger partial charge >= 0.3 is 0 Å². The summed E-state index contributed by atoms with van der Waals surface area (Å²) in [5.41, 5.74) is 3.22. The summed E-state index contributed by atoms with van der Waals surface area (Å²) in [5.74, 6) is 2.50. The molecule has 0 aliphatic rings. The maximum Gasteiger partial charge on any atom is 0.216 e. The molecule has 30 heavy (non-hydrogen) atoms. The van der Waals surface area contributed by atoms with E-state index in [0.717, 1.165) is 29.8 Å². The molecule has 0 unspecified atom stereocenters. The third-order valence-electron chi connectivity index (χ3n) is 5.05. The van der Waals surface area contributed by atoms with Crippen LogP contribution in [0.15, 0.2) is 47.6 Å². The van der Waals surface area contributed by atoms with Gasteiger partial charge in [-0.25, -0.2) is 0 Å². The highest BCUT2D eigenvalue weighted by molar-refractivity contribution is 7.71. The van der Waals surface area contributed by atoms with E-state index in [9.17, 15) is 0 Å². The third kappa shape index (κ3) is 5.16. The first-order valence-corrected chi connectivity index (χ1v) is 10.5. The Labute approximate surface area is 182 Å². The van der Waals surface area contributed by atoms with E-state index in [2.05, 4.69) is 60.3 Å². The van der Waals surface area contributed by atoms with Crippen molar-refractivity contribution in [1.82, 2.24) is 14.9 Å². The Balaban J connectivity index is 1.77. The largest absolute Gasteiger partial charge is 0.493 e. The minimum atomic E-state index is 0.308. The number of H-pyrrole nitrogens is 1. The summed E-state index contributed by atoms with van der Waals surface area (Å²) >= 11 is 5.35. The lowest BCUT2D eigenvalue weighted by Gasteiger charge is -2.12. The van der Waals surface area contributed by atoms with E-state index in [1.54, 1.807) is 18.0 Å². The van der Waals surface area contributed by atoms with Gasteiger partial charge in [-0.1, -0.05) is 43.7 Å². The Morgan fingerprint density at radius 1 is 1.13 bits per heavy atom. The molecule has 0 radical (unpaired) electrons. The predicted molar refractivity (Wildman–Crippen MR) is 122 cm³/mol. The zero-order chi connectivity index (χ0) is 21.5. The van der Waals surface area contributed by atoms with Gasteiger partial charge in [0.05, 0.1) is 13.3 Å². The Bertz CT molecular complexity index is 1050. The summed E-state index contributed by atoms with van der Waals surface area (Å²) in [7, 11) is 1.63. The number of hydrogen-bond acceptors (Lipinski definition) is 5. The van der Waals surface area contributed by atoms with Gasteiger partial charge in [0.2, 0.25) is 4.77 Å². The second-order valence-electron chi connectivity index (χ2n) is 7.14. The van der Waals surface area contributed by atoms with E-state index in [1.807, 2.05) is 18.2 Å². The van der Waals surface area contributed by atoms with Crippen LogP contribution in [0.5, 0.6) is 11.5 Å². The van der Waals surface area contributed by atoms with Gasteiger partial charge in [-0.3, -0.25) is 5.10 Å². The molecule has 158 valence electrons. The number of aromatic amines is 1. The molecule has 3 aromatic rings. The van der Waals surface area contributed by atoms with Gasteiger partial charge in [0, 0.05) is 5.92 Å². The third-order valence-corrected chi connectivity index (χ3v) is 5.32. The lowest BCUT2D eigenvalue weighted by atomic mass is 10.0. The van der Waals surface area contributed by atoms with Crippen molar-refractivity contribution < 1.29 is 9.47 Å². The summed E-state index contributed by atoms with van der Waals surface area (Å²) in [5, 5.41) is 11.8. The second-order valence-corrected chi connectivity index (χ2v) is 7.53. The molecule has 6 nitrogen and oxygen atoms in total. The fraction of sp³-hybridized carbons (Fsp3) is 0.348. The first-order valence-electron chi connectivity index (χ1n) is 10.1. The van der Waals surface area contributed by atoms with Crippen LogP contribution in [0.1, 0.15) is 55.1 Å². The predicted octanol–water partition coefficient (Wildman–Crippen LogP) is 5.62. The first-order chi connectivity index (χ1) is 14.5. The quantitative estimate of drug-likeness (QED) is 0.357. The van der Waals surface area contributed by atoms with Crippen molar-refractivity contribution in [1.29, 1.82) is 0 Å². The smallest absolute Gasteiger partial charge is 0.216 e. The molecule has 0 fully saturated rings. The van der Waals surface area contributed by atoms with Gasteiger partial charge in [-0.15, -0.1) is 0 Å². The fourth-order valence-electron chi connectivity index (χ4n) is 3.19. The Kier molecular flexibility index (Phi) is 7.41. The Morgan fingerprint density at radius 3 is 2.53 bits per heavy atom. The van der Waals surface area contributed by atoms with Crippen LogP contribution in [0.25, 0.3) is 0 Å². The van der Waals surface area contributed by atoms with E-state index in [0.29, 0.717) is 28.8 Å². The van der Waals surface area contributed by atoms with Gasteiger partial charge in [0.25, 0.3) is 0 Å². The van der Waals surface area contributed by atoms with Crippen LogP contribution >= 0.6 is 12.2 Å². The molecule has 0 aliphatic carbocycles. The molecule has 0 atom stereocenters. The van der Waals surface area contributed by atoms with Crippen molar-refractivity contribution in [2.24, 2.45) is 5.10 Å². The number of nitrogens with zero attached hydrogens (tertiary/aromatic N) is 3. The van der Waals surface area contributed by atoms with E-state index < -0.39 is 0 Å². The normalized spacial score (nSPS) is 11.4. The minimum Gasteiger partial charge on any atom is -0.493 e. The van der Waals surface area contributed by atoms with Gasteiger partial charge in [0.15, 0.2) is 17.3 Å². The molecule has 1 aromatic heterocycles. The van der Waals surface area contributed by atoms with Crippen LogP contribution in [-0.4, -0.2) is 28.2 Å². The number of aromatic nitrogens is 3. The van der Waals surface area contributed by atoms with Crippen molar-refractivity contribution in [2.75, 3.05) is 7.11 Å². The average Bonchev–Trinajstić information content (AvgIpc) is 3.13. The maximum absolute atomic E-state index is 5.95. The van der Waals surface area contributed by atoms with Gasteiger partial charge < -0.3 is 9.47 Å². The first kappa shape index (κ1) is 21.8. The summed E-state index contributed by atoms with van der Waals surface area (Å²) in [4.78, 5) is 0.